The second-order valence-electron chi connectivity index (χ2n) is 2.60. The van der Waals surface area contributed by atoms with Crippen LogP contribution in [0.1, 0.15) is 33.5 Å². The van der Waals surface area contributed by atoms with Crippen LogP contribution >= 0.6 is 0 Å². The summed E-state index contributed by atoms with van der Waals surface area (Å²) < 4.78 is 0. The van der Waals surface area contributed by atoms with E-state index in [-0.39, 0.29) is 5.78 Å². The summed E-state index contributed by atoms with van der Waals surface area (Å²) in [7, 11) is 0. The van der Waals surface area contributed by atoms with E-state index < -0.39 is 0 Å². The average molecular weight is 163 g/mol. The molecule has 0 spiro atoms. The second kappa shape index (κ2) is 3.26. The number of pyridine rings is 1. The molecule has 62 valence electrons. The van der Waals surface area contributed by atoms with Gasteiger partial charge in [0.05, 0.1) is 0 Å². The Labute approximate surface area is 70.4 Å². The van der Waals surface area contributed by atoms with Gasteiger partial charge in [0.1, 0.15) is 5.69 Å². The predicted molar refractivity (Wildman–Crippen MR) is 44.4 cm³/mol. The summed E-state index contributed by atoms with van der Waals surface area (Å²) in [4.78, 5) is 25.2. The number of rotatable bonds is 2. The van der Waals surface area contributed by atoms with Crippen molar-refractivity contribution in [2.75, 3.05) is 0 Å². The van der Waals surface area contributed by atoms with Gasteiger partial charge in [0.15, 0.2) is 12.1 Å². The minimum absolute atomic E-state index is 0.0522. The molecular weight excluding hydrogens is 154 g/mol. The zero-order valence-corrected chi connectivity index (χ0v) is 7.00. The number of aldehydes is 1. The van der Waals surface area contributed by atoms with Crippen LogP contribution in [0.3, 0.4) is 0 Å². The van der Waals surface area contributed by atoms with Gasteiger partial charge in [-0.15, -0.1) is 0 Å². The van der Waals surface area contributed by atoms with Crippen molar-refractivity contribution in [2.45, 2.75) is 13.8 Å². The normalized spacial score (nSPS) is 9.50. The average Bonchev–Trinajstić information content (AvgIpc) is 2.03. The van der Waals surface area contributed by atoms with Gasteiger partial charge < -0.3 is 0 Å². The van der Waals surface area contributed by atoms with Gasteiger partial charge in [0.25, 0.3) is 0 Å². The summed E-state index contributed by atoms with van der Waals surface area (Å²) in [6, 6.07) is 3.15. The fraction of sp³-hybridized carbons (Fsp3) is 0.222. The lowest BCUT2D eigenvalue weighted by molar-refractivity contribution is 0.101. The van der Waals surface area contributed by atoms with Crippen molar-refractivity contribution in [3.05, 3.63) is 29.1 Å². The number of aryl methyl sites for hydroxylation is 1. The molecule has 0 fully saturated rings. The molecule has 1 aromatic heterocycles. The molecule has 0 aliphatic rings. The van der Waals surface area contributed by atoms with Crippen LogP contribution in [0.15, 0.2) is 12.1 Å². The zero-order chi connectivity index (χ0) is 9.14. The van der Waals surface area contributed by atoms with Gasteiger partial charge >= 0.3 is 0 Å². The Hall–Kier alpha value is -1.51. The van der Waals surface area contributed by atoms with Crippen molar-refractivity contribution in [3.8, 4) is 0 Å². The number of carbonyl (C=O) groups is 2. The monoisotopic (exact) mass is 163 g/mol. The highest BCUT2D eigenvalue weighted by molar-refractivity contribution is 5.95. The highest BCUT2D eigenvalue weighted by Gasteiger charge is 2.02. The van der Waals surface area contributed by atoms with Crippen LogP contribution < -0.4 is 0 Å². The molecule has 0 aromatic carbocycles. The highest BCUT2D eigenvalue weighted by Crippen LogP contribution is 2.04. The Morgan fingerprint density at radius 1 is 1.50 bits per heavy atom. The van der Waals surface area contributed by atoms with Gasteiger partial charge in [-0.3, -0.25) is 14.6 Å². The molecule has 1 heterocycles. The summed E-state index contributed by atoms with van der Waals surface area (Å²) in [6.45, 7) is 3.21. The molecule has 0 unspecified atom stereocenters. The highest BCUT2D eigenvalue weighted by atomic mass is 16.1. The first kappa shape index (κ1) is 8.59. The molecule has 0 aliphatic heterocycles. The molecule has 0 aliphatic carbocycles. The van der Waals surface area contributed by atoms with Gasteiger partial charge in [-0.2, -0.15) is 0 Å². The van der Waals surface area contributed by atoms with E-state index in [0.29, 0.717) is 23.2 Å². The third-order valence-electron chi connectivity index (χ3n) is 1.50. The maximum Gasteiger partial charge on any atom is 0.168 e. The molecule has 3 heteroatoms. The molecule has 0 amide bonds. The van der Waals surface area contributed by atoms with Crippen LogP contribution in [-0.4, -0.2) is 17.1 Å². The van der Waals surface area contributed by atoms with E-state index in [4.69, 9.17) is 0 Å². The number of hydrogen-bond donors (Lipinski definition) is 0. The first-order valence-electron chi connectivity index (χ1n) is 3.58. The number of aromatic nitrogens is 1. The van der Waals surface area contributed by atoms with E-state index in [1.807, 2.05) is 0 Å². The predicted octanol–water partition coefficient (Wildman–Crippen LogP) is 1.41. The lowest BCUT2D eigenvalue weighted by Gasteiger charge is -1.98. The number of Topliss-reactive ketones (excluding diaryl/α,β-unsaturated/α-hetero) is 1. The van der Waals surface area contributed by atoms with Crippen molar-refractivity contribution < 1.29 is 9.59 Å². The van der Waals surface area contributed by atoms with E-state index >= 15 is 0 Å². The number of ketones is 1. The Balaban J connectivity index is 3.23. The molecule has 0 N–H and O–H groups in total. The van der Waals surface area contributed by atoms with Crippen LogP contribution in [0, 0.1) is 6.92 Å². The maximum atomic E-state index is 10.9. The van der Waals surface area contributed by atoms with E-state index in [0.717, 1.165) is 0 Å². The number of carbonyl (C=O) groups excluding carboxylic acids is 2. The van der Waals surface area contributed by atoms with Crippen LogP contribution in [-0.2, 0) is 0 Å². The lowest BCUT2D eigenvalue weighted by atomic mass is 10.1. The first-order valence-corrected chi connectivity index (χ1v) is 3.58. The summed E-state index contributed by atoms with van der Waals surface area (Å²) in [6.07, 6.45) is 0.638. The largest absolute Gasteiger partial charge is 0.296 e. The topological polar surface area (TPSA) is 47.0 Å². The first-order chi connectivity index (χ1) is 5.63. The molecule has 0 saturated heterocycles. The van der Waals surface area contributed by atoms with E-state index in [1.165, 1.54) is 13.0 Å². The molecule has 0 radical (unpaired) electrons. The fourth-order valence-corrected chi connectivity index (χ4v) is 0.958. The Kier molecular flexibility index (Phi) is 2.33. The van der Waals surface area contributed by atoms with Gasteiger partial charge in [0, 0.05) is 11.3 Å². The molecule has 0 atom stereocenters. The molecular formula is C9H9NO2. The molecule has 12 heavy (non-hydrogen) atoms. The molecule has 3 nitrogen and oxygen atoms in total. The minimum Gasteiger partial charge on any atom is -0.296 e. The van der Waals surface area contributed by atoms with E-state index in [1.54, 1.807) is 13.0 Å². The maximum absolute atomic E-state index is 10.9. The van der Waals surface area contributed by atoms with Crippen LogP contribution in [0.2, 0.25) is 0 Å². The van der Waals surface area contributed by atoms with Crippen molar-refractivity contribution in [2.24, 2.45) is 0 Å². The summed E-state index contributed by atoms with van der Waals surface area (Å²) >= 11 is 0. The fourth-order valence-electron chi connectivity index (χ4n) is 0.958. The SMILES string of the molecule is CC(=O)c1cc(C)nc(C=O)c1. The van der Waals surface area contributed by atoms with Crippen molar-refractivity contribution >= 4 is 12.1 Å². The second-order valence-corrected chi connectivity index (χ2v) is 2.60. The Bertz CT molecular complexity index is 331. The van der Waals surface area contributed by atoms with Gasteiger partial charge in [0.2, 0.25) is 0 Å². The van der Waals surface area contributed by atoms with E-state index in [9.17, 15) is 9.59 Å². The van der Waals surface area contributed by atoms with Crippen LogP contribution in [0.4, 0.5) is 0 Å². The molecule has 1 rings (SSSR count). The third-order valence-corrected chi connectivity index (χ3v) is 1.50. The molecule has 1 aromatic rings. The Morgan fingerprint density at radius 2 is 2.17 bits per heavy atom. The van der Waals surface area contributed by atoms with Crippen molar-refractivity contribution in [1.29, 1.82) is 0 Å². The summed E-state index contributed by atoms with van der Waals surface area (Å²) in [5.74, 6) is -0.0522. The minimum atomic E-state index is -0.0522. The quantitative estimate of drug-likeness (QED) is 0.489. The third kappa shape index (κ3) is 1.75. The number of nitrogens with zero attached hydrogens (tertiary/aromatic N) is 1. The van der Waals surface area contributed by atoms with Crippen LogP contribution in [0.25, 0.3) is 0 Å². The van der Waals surface area contributed by atoms with E-state index in [2.05, 4.69) is 4.98 Å². The van der Waals surface area contributed by atoms with Crippen molar-refractivity contribution in [1.82, 2.24) is 4.98 Å². The summed E-state index contributed by atoms with van der Waals surface area (Å²) in [5.41, 5.74) is 1.52. The van der Waals surface area contributed by atoms with Crippen molar-refractivity contribution in [3.63, 3.8) is 0 Å². The molecule has 0 bridgehead atoms. The van der Waals surface area contributed by atoms with Gasteiger partial charge in [-0.1, -0.05) is 0 Å². The standard InChI is InChI=1S/C9H9NO2/c1-6-3-8(7(2)12)4-9(5-11)10-6/h3-5H,1-2H3. The zero-order valence-electron chi connectivity index (χ0n) is 7.00. The smallest absolute Gasteiger partial charge is 0.168 e. The number of hydrogen-bond acceptors (Lipinski definition) is 3. The Morgan fingerprint density at radius 3 is 2.67 bits per heavy atom. The molecule has 0 saturated carbocycles. The summed E-state index contributed by atoms with van der Waals surface area (Å²) in [5, 5.41) is 0. The van der Waals surface area contributed by atoms with Gasteiger partial charge in [-0.05, 0) is 26.0 Å². The van der Waals surface area contributed by atoms with Gasteiger partial charge in [-0.25, -0.2) is 0 Å². The lowest BCUT2D eigenvalue weighted by Crippen LogP contribution is -1.98. The van der Waals surface area contributed by atoms with Crippen LogP contribution in [0.5, 0.6) is 0 Å².